The fourth-order valence-corrected chi connectivity index (χ4v) is 3.67. The van der Waals surface area contributed by atoms with Crippen LogP contribution in [0.1, 0.15) is 24.0 Å². The predicted molar refractivity (Wildman–Crippen MR) is 111 cm³/mol. The lowest BCUT2D eigenvalue weighted by Crippen LogP contribution is -2.23. The van der Waals surface area contributed by atoms with Crippen LogP contribution in [-0.4, -0.2) is 21.4 Å². The molecule has 0 fully saturated rings. The maximum absolute atomic E-state index is 12.1. The molecule has 2 aromatic carbocycles. The zero-order chi connectivity index (χ0) is 18.9. The minimum Gasteiger partial charge on any atom is -0.352 e. The Balaban J connectivity index is 1.41. The Kier molecular flexibility index (Phi) is 7.36. The summed E-state index contributed by atoms with van der Waals surface area (Å²) in [5.74, 6) is 0.992. The van der Waals surface area contributed by atoms with Crippen molar-refractivity contribution >= 4 is 29.3 Å². The van der Waals surface area contributed by atoms with Crippen molar-refractivity contribution in [3.8, 4) is 0 Å². The van der Waals surface area contributed by atoms with E-state index in [9.17, 15) is 4.79 Å². The van der Waals surface area contributed by atoms with Crippen LogP contribution < -0.4 is 5.32 Å². The number of nitrogens with zero attached hydrogens (tertiary/aromatic N) is 2. The molecule has 27 heavy (non-hydrogen) atoms. The van der Waals surface area contributed by atoms with Gasteiger partial charge in [0.1, 0.15) is 0 Å². The first-order valence-corrected chi connectivity index (χ1v) is 10.3. The normalized spacial score (nSPS) is 10.7. The molecule has 0 radical (unpaired) electrons. The Hall–Kier alpha value is -2.24. The third kappa shape index (κ3) is 6.45. The molecule has 1 amide bonds. The van der Waals surface area contributed by atoms with E-state index in [-0.39, 0.29) is 5.91 Å². The highest BCUT2D eigenvalue weighted by Crippen LogP contribution is 2.21. The van der Waals surface area contributed by atoms with Gasteiger partial charge in [-0.1, -0.05) is 35.9 Å². The van der Waals surface area contributed by atoms with Gasteiger partial charge in [-0.3, -0.25) is 9.48 Å². The van der Waals surface area contributed by atoms with Crippen LogP contribution in [0.3, 0.4) is 0 Å². The maximum Gasteiger partial charge on any atom is 0.220 e. The molecule has 0 atom stereocenters. The Morgan fingerprint density at radius 1 is 1.07 bits per heavy atom. The number of nitrogens with one attached hydrogen (secondary N) is 1. The quantitative estimate of drug-likeness (QED) is 0.416. The lowest BCUT2D eigenvalue weighted by Gasteiger charge is -2.11. The minimum absolute atomic E-state index is 0.0839. The molecular formula is C21H22ClN3OS. The molecule has 0 unspecified atom stereocenters. The third-order valence-electron chi connectivity index (χ3n) is 4.12. The Labute approximate surface area is 168 Å². The van der Waals surface area contributed by atoms with Gasteiger partial charge in [0.25, 0.3) is 0 Å². The number of thioether (sulfide) groups is 1. The van der Waals surface area contributed by atoms with E-state index in [0.29, 0.717) is 19.5 Å². The van der Waals surface area contributed by atoms with Crippen molar-refractivity contribution in [1.82, 2.24) is 15.1 Å². The predicted octanol–water partition coefficient (Wildman–Crippen LogP) is 4.77. The highest BCUT2D eigenvalue weighted by atomic mass is 35.5. The van der Waals surface area contributed by atoms with Crippen LogP contribution in [0, 0.1) is 0 Å². The summed E-state index contributed by atoms with van der Waals surface area (Å²) in [5.41, 5.74) is 2.29. The van der Waals surface area contributed by atoms with E-state index in [1.165, 1.54) is 10.5 Å². The molecule has 3 rings (SSSR count). The van der Waals surface area contributed by atoms with Crippen molar-refractivity contribution < 1.29 is 4.79 Å². The molecule has 6 heteroatoms. The summed E-state index contributed by atoms with van der Waals surface area (Å²) in [6.45, 7) is 1.25. The number of aromatic nitrogens is 2. The van der Waals surface area contributed by atoms with Gasteiger partial charge in [-0.05, 0) is 53.6 Å². The number of amides is 1. The maximum atomic E-state index is 12.1. The molecule has 1 heterocycles. The standard InChI is InChI=1S/C21H22ClN3OS/c22-19-8-10-20(11-9-19)27-14-3-7-21(26)23-15-17-5-1-2-6-18(17)16-25-13-4-12-24-25/h1-2,4-6,8-13H,3,7,14-16H2,(H,23,26). The number of hydrogen-bond acceptors (Lipinski definition) is 3. The van der Waals surface area contributed by atoms with Gasteiger partial charge < -0.3 is 5.32 Å². The van der Waals surface area contributed by atoms with Crippen LogP contribution in [0.5, 0.6) is 0 Å². The van der Waals surface area contributed by atoms with E-state index in [2.05, 4.69) is 22.5 Å². The van der Waals surface area contributed by atoms with Gasteiger partial charge in [-0.25, -0.2) is 0 Å². The van der Waals surface area contributed by atoms with Gasteiger partial charge in [0, 0.05) is 35.3 Å². The fourth-order valence-electron chi connectivity index (χ4n) is 2.69. The lowest BCUT2D eigenvalue weighted by molar-refractivity contribution is -0.121. The molecule has 1 aromatic heterocycles. The number of carbonyl (C=O) groups is 1. The van der Waals surface area contributed by atoms with Crippen molar-refractivity contribution in [2.45, 2.75) is 30.8 Å². The summed E-state index contributed by atoms with van der Waals surface area (Å²) < 4.78 is 1.88. The summed E-state index contributed by atoms with van der Waals surface area (Å²) in [4.78, 5) is 13.3. The first kappa shape index (κ1) is 19.5. The van der Waals surface area contributed by atoms with E-state index in [4.69, 9.17) is 11.6 Å². The number of carbonyl (C=O) groups excluding carboxylic acids is 1. The van der Waals surface area contributed by atoms with Crippen molar-refractivity contribution in [3.05, 3.63) is 83.1 Å². The highest BCUT2D eigenvalue weighted by molar-refractivity contribution is 7.99. The van der Waals surface area contributed by atoms with Gasteiger partial charge >= 0.3 is 0 Å². The molecule has 0 saturated carbocycles. The average Bonchev–Trinajstić information content (AvgIpc) is 3.19. The van der Waals surface area contributed by atoms with E-state index < -0.39 is 0 Å². The van der Waals surface area contributed by atoms with E-state index in [0.717, 1.165) is 22.8 Å². The van der Waals surface area contributed by atoms with Crippen LogP contribution in [0.2, 0.25) is 5.02 Å². The van der Waals surface area contributed by atoms with Crippen molar-refractivity contribution in [1.29, 1.82) is 0 Å². The zero-order valence-electron chi connectivity index (χ0n) is 15.0. The summed E-state index contributed by atoms with van der Waals surface area (Å²) in [5, 5.41) is 8.02. The molecular weight excluding hydrogens is 378 g/mol. The fraction of sp³-hybridized carbons (Fsp3) is 0.238. The smallest absolute Gasteiger partial charge is 0.220 e. The number of halogens is 1. The zero-order valence-corrected chi connectivity index (χ0v) is 16.5. The van der Waals surface area contributed by atoms with Crippen molar-refractivity contribution in [2.75, 3.05) is 5.75 Å². The summed E-state index contributed by atoms with van der Waals surface area (Å²) in [7, 11) is 0. The van der Waals surface area contributed by atoms with Gasteiger partial charge in [0.15, 0.2) is 0 Å². The molecule has 0 spiro atoms. The van der Waals surface area contributed by atoms with Crippen molar-refractivity contribution in [2.24, 2.45) is 0 Å². The molecule has 0 aliphatic heterocycles. The van der Waals surface area contributed by atoms with Crippen LogP contribution in [0.15, 0.2) is 71.9 Å². The molecule has 3 aromatic rings. The summed E-state index contributed by atoms with van der Waals surface area (Å²) in [6.07, 6.45) is 5.08. The minimum atomic E-state index is 0.0839. The molecule has 0 aliphatic rings. The van der Waals surface area contributed by atoms with Gasteiger partial charge in [0.2, 0.25) is 5.91 Å². The second-order valence-corrected chi connectivity index (χ2v) is 7.76. The van der Waals surface area contributed by atoms with Gasteiger partial charge in [-0.15, -0.1) is 11.8 Å². The lowest BCUT2D eigenvalue weighted by atomic mass is 10.1. The molecule has 140 valence electrons. The monoisotopic (exact) mass is 399 g/mol. The molecule has 1 N–H and O–H groups in total. The summed E-state index contributed by atoms with van der Waals surface area (Å²) in [6, 6.07) is 17.8. The van der Waals surface area contributed by atoms with E-state index in [1.54, 1.807) is 18.0 Å². The Bertz CT molecular complexity index is 850. The van der Waals surface area contributed by atoms with Crippen molar-refractivity contribution in [3.63, 3.8) is 0 Å². The first-order chi connectivity index (χ1) is 13.2. The Morgan fingerprint density at radius 3 is 2.59 bits per heavy atom. The van der Waals surface area contributed by atoms with E-state index in [1.807, 2.05) is 53.3 Å². The molecule has 0 saturated heterocycles. The number of rotatable bonds is 9. The van der Waals surface area contributed by atoms with Crippen LogP contribution >= 0.6 is 23.4 Å². The van der Waals surface area contributed by atoms with Crippen LogP contribution in [0.25, 0.3) is 0 Å². The van der Waals surface area contributed by atoms with Gasteiger partial charge in [0.05, 0.1) is 6.54 Å². The second kappa shape index (κ2) is 10.2. The van der Waals surface area contributed by atoms with Crippen LogP contribution in [0.4, 0.5) is 0 Å². The average molecular weight is 400 g/mol. The largest absolute Gasteiger partial charge is 0.352 e. The highest BCUT2D eigenvalue weighted by Gasteiger charge is 2.06. The number of benzene rings is 2. The molecule has 0 bridgehead atoms. The van der Waals surface area contributed by atoms with Crippen LogP contribution in [-0.2, 0) is 17.9 Å². The molecule has 4 nitrogen and oxygen atoms in total. The topological polar surface area (TPSA) is 46.9 Å². The first-order valence-electron chi connectivity index (χ1n) is 8.90. The SMILES string of the molecule is O=C(CCCSc1ccc(Cl)cc1)NCc1ccccc1Cn1cccn1. The Morgan fingerprint density at radius 2 is 1.85 bits per heavy atom. The molecule has 0 aliphatic carbocycles. The second-order valence-electron chi connectivity index (χ2n) is 6.16. The van der Waals surface area contributed by atoms with E-state index >= 15 is 0 Å². The van der Waals surface area contributed by atoms with Gasteiger partial charge in [-0.2, -0.15) is 5.10 Å². The summed E-state index contributed by atoms with van der Waals surface area (Å²) >= 11 is 7.63. The third-order valence-corrected chi connectivity index (χ3v) is 5.47. The number of hydrogen-bond donors (Lipinski definition) is 1.